The second-order valence-electron chi connectivity index (χ2n) is 6.83. The molecule has 0 fully saturated rings. The van der Waals surface area contributed by atoms with Gasteiger partial charge in [0.25, 0.3) is 11.8 Å². The Labute approximate surface area is 193 Å². The lowest BCUT2D eigenvalue weighted by atomic mass is 10.2. The zero-order valence-electron chi connectivity index (χ0n) is 17.2. The second kappa shape index (κ2) is 9.00. The predicted octanol–water partition coefficient (Wildman–Crippen LogP) is 4.17. The van der Waals surface area contributed by atoms with Crippen LogP contribution in [0.3, 0.4) is 0 Å². The summed E-state index contributed by atoms with van der Waals surface area (Å²) in [5.74, 6) is -1.79. The average Bonchev–Trinajstić information content (AvgIpc) is 3.18. The number of nitrogens with one attached hydrogen (secondary N) is 2. The van der Waals surface area contributed by atoms with E-state index in [0.29, 0.717) is 16.7 Å². The summed E-state index contributed by atoms with van der Waals surface area (Å²) in [7, 11) is -3.77. The van der Waals surface area contributed by atoms with Crippen LogP contribution in [0, 0.1) is 0 Å². The largest absolute Gasteiger partial charge is 0.449 e. The molecule has 2 N–H and O–H groups in total. The van der Waals surface area contributed by atoms with E-state index in [1.54, 1.807) is 54.6 Å². The van der Waals surface area contributed by atoms with Crippen molar-refractivity contribution < 1.29 is 22.4 Å². The molecule has 33 heavy (non-hydrogen) atoms. The standard InChI is InChI=1S/C22H17ClN4O5S/c1-2-33(30,31)22-24-12-15(23)18(27-22)20(28)26-17-14-10-6-7-11-16(14)32-19(17)21(29)25-13-8-4-3-5-9-13/h3-12H,2H2,1H3,(H,25,29)(H,26,28). The number of halogens is 1. The van der Waals surface area contributed by atoms with Gasteiger partial charge in [-0.3, -0.25) is 9.59 Å². The Balaban J connectivity index is 1.73. The van der Waals surface area contributed by atoms with Crippen molar-refractivity contribution in [1.29, 1.82) is 0 Å². The first-order valence-electron chi connectivity index (χ1n) is 9.74. The molecule has 4 aromatic rings. The molecule has 2 aromatic carbocycles. The van der Waals surface area contributed by atoms with Gasteiger partial charge in [0.2, 0.25) is 20.8 Å². The highest BCUT2D eigenvalue weighted by Crippen LogP contribution is 2.32. The number of anilines is 2. The van der Waals surface area contributed by atoms with Crippen LogP contribution >= 0.6 is 11.6 Å². The first-order valence-corrected chi connectivity index (χ1v) is 11.8. The molecule has 0 spiro atoms. The molecule has 11 heteroatoms. The number of rotatable bonds is 6. The Bertz CT molecular complexity index is 1470. The minimum absolute atomic E-state index is 0.0959. The molecule has 168 valence electrons. The highest BCUT2D eigenvalue weighted by molar-refractivity contribution is 7.91. The Hall–Kier alpha value is -3.76. The lowest BCUT2D eigenvalue weighted by Crippen LogP contribution is -2.20. The molecule has 4 rings (SSSR count). The van der Waals surface area contributed by atoms with Crippen LogP contribution in [0.15, 0.2) is 70.4 Å². The topological polar surface area (TPSA) is 131 Å². The Kier molecular flexibility index (Phi) is 6.12. The van der Waals surface area contributed by atoms with E-state index in [9.17, 15) is 18.0 Å². The van der Waals surface area contributed by atoms with Crippen LogP contribution in [0.2, 0.25) is 5.02 Å². The summed E-state index contributed by atoms with van der Waals surface area (Å²) in [6.45, 7) is 1.43. The van der Waals surface area contributed by atoms with Crippen molar-refractivity contribution in [2.45, 2.75) is 12.1 Å². The third-order valence-electron chi connectivity index (χ3n) is 4.67. The van der Waals surface area contributed by atoms with Crippen molar-refractivity contribution in [3.8, 4) is 0 Å². The quantitative estimate of drug-likeness (QED) is 0.392. The molecular weight excluding hydrogens is 468 g/mol. The monoisotopic (exact) mass is 484 g/mol. The second-order valence-corrected chi connectivity index (χ2v) is 9.41. The summed E-state index contributed by atoms with van der Waals surface area (Å²) in [6, 6.07) is 15.5. The first-order chi connectivity index (χ1) is 15.8. The number of hydrogen-bond donors (Lipinski definition) is 2. The van der Waals surface area contributed by atoms with Gasteiger partial charge in [0.1, 0.15) is 11.3 Å². The molecule has 0 saturated heterocycles. The lowest BCUT2D eigenvalue weighted by Gasteiger charge is -2.09. The fraction of sp³-hybridized carbons (Fsp3) is 0.0909. The number of furan rings is 1. The van der Waals surface area contributed by atoms with Crippen LogP contribution in [0.1, 0.15) is 28.0 Å². The van der Waals surface area contributed by atoms with Gasteiger partial charge in [-0.25, -0.2) is 18.4 Å². The third-order valence-corrected chi connectivity index (χ3v) is 6.46. The molecule has 9 nitrogen and oxygen atoms in total. The number of fused-ring (bicyclic) bond motifs is 1. The number of sulfone groups is 1. The van der Waals surface area contributed by atoms with Gasteiger partial charge < -0.3 is 15.1 Å². The molecular formula is C22H17ClN4O5S. The van der Waals surface area contributed by atoms with Crippen molar-refractivity contribution >= 4 is 55.6 Å². The average molecular weight is 485 g/mol. The van der Waals surface area contributed by atoms with Crippen LogP contribution < -0.4 is 10.6 Å². The maximum absolute atomic E-state index is 13.0. The zero-order valence-corrected chi connectivity index (χ0v) is 18.8. The number of para-hydroxylation sites is 2. The van der Waals surface area contributed by atoms with E-state index >= 15 is 0 Å². The van der Waals surface area contributed by atoms with E-state index < -0.39 is 26.8 Å². The number of nitrogens with zero attached hydrogens (tertiary/aromatic N) is 2. The Morgan fingerprint density at radius 3 is 2.42 bits per heavy atom. The molecule has 0 aliphatic heterocycles. The van der Waals surface area contributed by atoms with Crippen LogP contribution in [0.5, 0.6) is 0 Å². The molecule has 0 bridgehead atoms. The Morgan fingerprint density at radius 2 is 1.70 bits per heavy atom. The smallest absolute Gasteiger partial charge is 0.293 e. The molecule has 2 amide bonds. The summed E-state index contributed by atoms with van der Waals surface area (Å²) in [5.41, 5.74) is 0.652. The summed E-state index contributed by atoms with van der Waals surface area (Å²) in [6.07, 6.45) is 1.04. The molecule has 0 aliphatic carbocycles. The van der Waals surface area contributed by atoms with Crippen molar-refractivity contribution in [3.63, 3.8) is 0 Å². The van der Waals surface area contributed by atoms with Crippen molar-refractivity contribution in [2.24, 2.45) is 0 Å². The van der Waals surface area contributed by atoms with E-state index in [-0.39, 0.29) is 27.9 Å². The van der Waals surface area contributed by atoms with Gasteiger partial charge in [-0.05, 0) is 24.3 Å². The molecule has 0 saturated carbocycles. The molecule has 0 radical (unpaired) electrons. The normalized spacial score (nSPS) is 11.3. The van der Waals surface area contributed by atoms with E-state index in [2.05, 4.69) is 20.6 Å². The van der Waals surface area contributed by atoms with Gasteiger partial charge in [-0.1, -0.05) is 48.9 Å². The van der Waals surface area contributed by atoms with E-state index in [1.165, 1.54) is 6.92 Å². The van der Waals surface area contributed by atoms with Gasteiger partial charge >= 0.3 is 0 Å². The SMILES string of the molecule is CCS(=O)(=O)c1ncc(Cl)c(C(=O)Nc2c(C(=O)Nc3ccccc3)oc3ccccc23)n1. The van der Waals surface area contributed by atoms with E-state index in [4.69, 9.17) is 16.0 Å². The first kappa shape index (κ1) is 22.4. The molecule has 0 atom stereocenters. The van der Waals surface area contributed by atoms with E-state index in [1.807, 2.05) is 0 Å². The van der Waals surface area contributed by atoms with Crippen LogP contribution in [0.25, 0.3) is 11.0 Å². The summed E-state index contributed by atoms with van der Waals surface area (Å²) in [5, 5.41) is 5.10. The highest BCUT2D eigenvalue weighted by Gasteiger charge is 2.26. The number of aromatic nitrogens is 2. The molecule has 0 aliphatic rings. The molecule has 2 aromatic heterocycles. The van der Waals surface area contributed by atoms with Crippen LogP contribution in [-0.4, -0.2) is 36.0 Å². The number of carbonyl (C=O) groups is 2. The number of hydrogen-bond acceptors (Lipinski definition) is 7. The highest BCUT2D eigenvalue weighted by atomic mass is 35.5. The number of benzene rings is 2. The summed E-state index contributed by atoms with van der Waals surface area (Å²) >= 11 is 6.07. The van der Waals surface area contributed by atoms with Crippen molar-refractivity contribution in [2.75, 3.05) is 16.4 Å². The predicted molar refractivity (Wildman–Crippen MR) is 123 cm³/mol. The molecule has 0 unspecified atom stereocenters. The lowest BCUT2D eigenvalue weighted by molar-refractivity contribution is 0.0999. The number of amides is 2. The summed E-state index contributed by atoms with van der Waals surface area (Å²) in [4.78, 5) is 33.5. The fourth-order valence-corrected chi connectivity index (χ4v) is 3.88. The van der Waals surface area contributed by atoms with Gasteiger partial charge in [-0.15, -0.1) is 0 Å². The maximum Gasteiger partial charge on any atom is 0.293 e. The minimum Gasteiger partial charge on any atom is -0.449 e. The van der Waals surface area contributed by atoms with Crippen molar-refractivity contribution in [1.82, 2.24) is 9.97 Å². The van der Waals surface area contributed by atoms with Crippen molar-refractivity contribution in [3.05, 3.63) is 77.3 Å². The molecule has 2 heterocycles. The van der Waals surface area contributed by atoms with Gasteiger partial charge in [0.15, 0.2) is 5.69 Å². The summed E-state index contributed by atoms with van der Waals surface area (Å²) < 4.78 is 30.0. The van der Waals surface area contributed by atoms with Gasteiger partial charge in [0, 0.05) is 11.1 Å². The number of carbonyl (C=O) groups excluding carboxylic acids is 2. The van der Waals surface area contributed by atoms with Crippen LogP contribution in [-0.2, 0) is 9.84 Å². The van der Waals surface area contributed by atoms with E-state index in [0.717, 1.165) is 6.20 Å². The zero-order chi connectivity index (χ0) is 23.6. The third kappa shape index (κ3) is 4.57. The van der Waals surface area contributed by atoms with Crippen LogP contribution in [0.4, 0.5) is 11.4 Å². The maximum atomic E-state index is 13.0. The van der Waals surface area contributed by atoms with Gasteiger partial charge in [-0.2, -0.15) is 0 Å². The van der Waals surface area contributed by atoms with Gasteiger partial charge in [0.05, 0.1) is 17.0 Å². The minimum atomic E-state index is -3.77. The fourth-order valence-electron chi connectivity index (χ4n) is 3.00. The Morgan fingerprint density at radius 1 is 1.00 bits per heavy atom.